The van der Waals surface area contributed by atoms with E-state index in [1.807, 2.05) is 30.3 Å². The highest BCUT2D eigenvalue weighted by Gasteiger charge is 2.32. The Bertz CT molecular complexity index is 1200. The fourth-order valence-electron chi connectivity index (χ4n) is 4.03. The van der Waals surface area contributed by atoms with Crippen LogP contribution >= 0.6 is 0 Å². The number of nitrogens with zero attached hydrogens (tertiary/aromatic N) is 4. The quantitative estimate of drug-likeness (QED) is 0.446. The molecule has 0 amide bonds. The maximum absolute atomic E-state index is 13.1. The van der Waals surface area contributed by atoms with Crippen LogP contribution in [0.5, 0.6) is 0 Å². The van der Waals surface area contributed by atoms with Gasteiger partial charge in [0.25, 0.3) is 0 Å². The van der Waals surface area contributed by atoms with Crippen molar-refractivity contribution in [1.29, 1.82) is 0 Å². The molecule has 1 aliphatic rings. The minimum absolute atomic E-state index is 0.00150. The fraction of sp³-hybridized carbons (Fsp3) is 0.261. The van der Waals surface area contributed by atoms with Crippen molar-refractivity contribution in [3.05, 3.63) is 78.1 Å². The van der Waals surface area contributed by atoms with Crippen LogP contribution in [-0.4, -0.2) is 31.6 Å². The molecule has 1 unspecified atom stereocenters. The van der Waals surface area contributed by atoms with E-state index in [-0.39, 0.29) is 6.04 Å². The molecule has 2 aromatic carbocycles. The number of halogens is 3. The van der Waals surface area contributed by atoms with E-state index in [1.54, 1.807) is 12.3 Å². The van der Waals surface area contributed by atoms with E-state index >= 15 is 0 Å². The maximum Gasteiger partial charge on any atom is 0.416 e. The third kappa shape index (κ3) is 4.16. The predicted molar refractivity (Wildman–Crippen MR) is 111 cm³/mol. The van der Waals surface area contributed by atoms with Crippen LogP contribution < -0.4 is 0 Å². The van der Waals surface area contributed by atoms with Crippen LogP contribution in [0, 0.1) is 0 Å². The lowest BCUT2D eigenvalue weighted by Crippen LogP contribution is -2.23. The summed E-state index contributed by atoms with van der Waals surface area (Å²) in [5.74, 6) is 1.71. The number of hydrogen-bond acceptors (Lipinski definition) is 5. The highest BCUT2D eigenvalue weighted by Crippen LogP contribution is 2.35. The van der Waals surface area contributed by atoms with Crippen LogP contribution in [0.1, 0.15) is 36.2 Å². The van der Waals surface area contributed by atoms with Gasteiger partial charge in [0.2, 0.25) is 11.8 Å². The lowest BCUT2D eigenvalue weighted by molar-refractivity contribution is -0.137. The molecule has 0 radical (unpaired) electrons. The molecular formula is C23H20F3N5O. The van der Waals surface area contributed by atoms with Gasteiger partial charge < -0.3 is 9.40 Å². The molecule has 164 valence electrons. The zero-order valence-electron chi connectivity index (χ0n) is 17.0. The minimum Gasteiger partial charge on any atom is -0.419 e. The molecule has 2 aromatic heterocycles. The number of nitrogens with one attached hydrogen (secondary N) is 1. The van der Waals surface area contributed by atoms with Crippen molar-refractivity contribution in [1.82, 2.24) is 25.1 Å². The molecular weight excluding hydrogens is 419 g/mol. The van der Waals surface area contributed by atoms with Gasteiger partial charge in [-0.3, -0.25) is 4.90 Å². The Hall–Kier alpha value is -3.46. The second kappa shape index (κ2) is 8.23. The summed E-state index contributed by atoms with van der Waals surface area (Å²) in [5.41, 5.74) is 1.19. The van der Waals surface area contributed by atoms with Crippen LogP contribution in [0.4, 0.5) is 13.2 Å². The highest BCUT2D eigenvalue weighted by molar-refractivity contribution is 5.60. The molecule has 0 bridgehead atoms. The zero-order chi connectivity index (χ0) is 22.1. The maximum atomic E-state index is 13.1. The van der Waals surface area contributed by atoms with Crippen molar-refractivity contribution < 1.29 is 17.6 Å². The summed E-state index contributed by atoms with van der Waals surface area (Å²) in [5, 5.41) is 8.31. The largest absolute Gasteiger partial charge is 0.419 e. The molecule has 0 saturated carbocycles. The molecule has 5 rings (SSSR count). The minimum atomic E-state index is -4.39. The van der Waals surface area contributed by atoms with E-state index < -0.39 is 11.7 Å². The molecule has 1 aliphatic heterocycles. The molecule has 1 N–H and O–H groups in total. The first-order chi connectivity index (χ1) is 15.5. The molecule has 0 aliphatic carbocycles. The molecule has 32 heavy (non-hydrogen) atoms. The Morgan fingerprint density at radius 2 is 1.84 bits per heavy atom. The second-order valence-electron chi connectivity index (χ2n) is 7.76. The van der Waals surface area contributed by atoms with Crippen molar-refractivity contribution >= 4 is 0 Å². The lowest BCUT2D eigenvalue weighted by atomic mass is 10.1. The first-order valence-corrected chi connectivity index (χ1v) is 10.3. The SMILES string of the molecule is FC(F)(F)c1cccc(-c2cnc(C3CCCN3Cc3nnc(-c4ccccc4)o3)[nH]2)c1. The number of likely N-dealkylation sites (tertiary alicyclic amines) is 1. The number of aromatic amines is 1. The molecule has 1 fully saturated rings. The predicted octanol–water partition coefficient (Wildman–Crippen LogP) is 5.48. The van der Waals surface area contributed by atoms with E-state index in [9.17, 15) is 13.2 Å². The van der Waals surface area contributed by atoms with E-state index in [0.29, 0.717) is 29.6 Å². The first-order valence-electron chi connectivity index (χ1n) is 10.3. The Kier molecular flexibility index (Phi) is 5.26. The van der Waals surface area contributed by atoms with Crippen LogP contribution in [0.3, 0.4) is 0 Å². The van der Waals surface area contributed by atoms with Crippen molar-refractivity contribution in [2.24, 2.45) is 0 Å². The van der Waals surface area contributed by atoms with Crippen molar-refractivity contribution in [3.63, 3.8) is 0 Å². The van der Waals surface area contributed by atoms with E-state index in [2.05, 4.69) is 25.1 Å². The van der Waals surface area contributed by atoms with Gasteiger partial charge in [0.15, 0.2) is 0 Å². The first kappa shape index (κ1) is 20.4. The van der Waals surface area contributed by atoms with Gasteiger partial charge in [-0.15, -0.1) is 10.2 Å². The number of imidazole rings is 1. The third-order valence-electron chi connectivity index (χ3n) is 5.60. The second-order valence-corrected chi connectivity index (χ2v) is 7.76. The standard InChI is InChI=1S/C23H20F3N5O/c24-23(25,26)17-9-4-8-16(12-17)18-13-27-21(28-18)19-10-5-11-31(19)14-20-29-30-22(32-20)15-6-2-1-3-7-15/h1-4,6-9,12-13,19H,5,10-11,14H2,(H,27,28). The normalized spacial score (nSPS) is 17.2. The van der Waals surface area contributed by atoms with Gasteiger partial charge >= 0.3 is 6.18 Å². The Morgan fingerprint density at radius 1 is 1.03 bits per heavy atom. The summed E-state index contributed by atoms with van der Waals surface area (Å²) in [4.78, 5) is 9.87. The molecule has 6 nitrogen and oxygen atoms in total. The summed E-state index contributed by atoms with van der Waals surface area (Å²) < 4.78 is 45.0. The van der Waals surface area contributed by atoms with Gasteiger partial charge in [-0.05, 0) is 43.7 Å². The van der Waals surface area contributed by atoms with Crippen molar-refractivity contribution in [2.75, 3.05) is 6.54 Å². The number of rotatable bonds is 5. The summed E-state index contributed by atoms with van der Waals surface area (Å²) >= 11 is 0. The van der Waals surface area contributed by atoms with E-state index in [1.165, 1.54) is 6.07 Å². The van der Waals surface area contributed by atoms with Crippen molar-refractivity contribution in [2.45, 2.75) is 31.6 Å². The number of H-pyrrole nitrogens is 1. The van der Waals surface area contributed by atoms with Crippen LogP contribution in [0.15, 0.2) is 65.2 Å². The van der Waals surface area contributed by atoms with Gasteiger partial charge in [-0.2, -0.15) is 13.2 Å². The summed E-state index contributed by atoms with van der Waals surface area (Å²) in [6.07, 6.45) is -0.940. The van der Waals surface area contributed by atoms with Gasteiger partial charge in [0, 0.05) is 11.1 Å². The molecule has 0 spiro atoms. The highest BCUT2D eigenvalue weighted by atomic mass is 19.4. The molecule has 1 saturated heterocycles. The zero-order valence-corrected chi connectivity index (χ0v) is 17.0. The average molecular weight is 439 g/mol. The Labute approximate surface area is 182 Å². The molecule has 4 aromatic rings. The lowest BCUT2D eigenvalue weighted by Gasteiger charge is -2.20. The van der Waals surface area contributed by atoms with Crippen molar-refractivity contribution in [3.8, 4) is 22.7 Å². The third-order valence-corrected chi connectivity index (χ3v) is 5.60. The Morgan fingerprint density at radius 3 is 2.66 bits per heavy atom. The van der Waals surface area contributed by atoms with E-state index in [0.717, 1.165) is 42.9 Å². The average Bonchev–Trinajstić information content (AvgIpc) is 3.55. The molecule has 3 heterocycles. The summed E-state index contributed by atoms with van der Waals surface area (Å²) in [7, 11) is 0. The summed E-state index contributed by atoms with van der Waals surface area (Å²) in [6, 6.07) is 14.8. The van der Waals surface area contributed by atoms with E-state index in [4.69, 9.17) is 4.42 Å². The molecule has 1 atom stereocenters. The van der Waals surface area contributed by atoms with Crippen LogP contribution in [-0.2, 0) is 12.7 Å². The smallest absolute Gasteiger partial charge is 0.416 e. The monoisotopic (exact) mass is 439 g/mol. The van der Waals surface area contributed by atoms with Crippen LogP contribution in [0.25, 0.3) is 22.7 Å². The number of benzene rings is 2. The van der Waals surface area contributed by atoms with Gasteiger partial charge in [0.05, 0.1) is 30.0 Å². The summed E-state index contributed by atoms with van der Waals surface area (Å²) in [6.45, 7) is 1.32. The molecule has 9 heteroatoms. The van der Waals surface area contributed by atoms with Crippen LogP contribution in [0.2, 0.25) is 0 Å². The number of alkyl halides is 3. The number of aromatic nitrogens is 4. The fourth-order valence-corrected chi connectivity index (χ4v) is 4.03. The van der Waals surface area contributed by atoms with Gasteiger partial charge in [-0.25, -0.2) is 4.98 Å². The topological polar surface area (TPSA) is 70.8 Å². The Balaban J connectivity index is 1.33. The van der Waals surface area contributed by atoms with Gasteiger partial charge in [-0.1, -0.05) is 30.3 Å². The van der Waals surface area contributed by atoms with Gasteiger partial charge in [0.1, 0.15) is 5.82 Å². The number of hydrogen-bond donors (Lipinski definition) is 1.